The average molecular weight is 216 g/mol. The van der Waals surface area contributed by atoms with E-state index in [0.29, 0.717) is 0 Å². The molecule has 84 valence electrons. The van der Waals surface area contributed by atoms with Crippen LogP contribution in [0.25, 0.3) is 0 Å². The van der Waals surface area contributed by atoms with Gasteiger partial charge in [0, 0.05) is 37.2 Å². The summed E-state index contributed by atoms with van der Waals surface area (Å²) >= 11 is 0. The Morgan fingerprint density at radius 1 is 0.750 bits per heavy atom. The van der Waals surface area contributed by atoms with Gasteiger partial charge in [-0.1, -0.05) is 13.8 Å². The highest BCUT2D eigenvalue weighted by atomic mass is 14.8. The van der Waals surface area contributed by atoms with Crippen LogP contribution in [0.15, 0.2) is 37.2 Å². The summed E-state index contributed by atoms with van der Waals surface area (Å²) in [6.07, 6.45) is 12.3. The van der Waals surface area contributed by atoms with Gasteiger partial charge >= 0.3 is 0 Å². The molecule has 2 heterocycles. The second kappa shape index (κ2) is 7.45. The van der Waals surface area contributed by atoms with Crippen molar-refractivity contribution in [3.8, 4) is 0 Å². The van der Waals surface area contributed by atoms with Crippen molar-refractivity contribution in [2.24, 2.45) is 0 Å². The summed E-state index contributed by atoms with van der Waals surface area (Å²) in [5.41, 5.74) is 2.10. The van der Waals surface area contributed by atoms with Crippen LogP contribution in [0, 0.1) is 0 Å². The third-order valence-electron chi connectivity index (χ3n) is 1.96. The van der Waals surface area contributed by atoms with Crippen molar-refractivity contribution < 1.29 is 0 Å². The predicted octanol–water partition coefficient (Wildman–Crippen LogP) is 2.08. The van der Waals surface area contributed by atoms with Gasteiger partial charge in [-0.2, -0.15) is 0 Å². The smallest absolute Gasteiger partial charge is 0.0583 e. The van der Waals surface area contributed by atoms with E-state index in [9.17, 15) is 0 Å². The van der Waals surface area contributed by atoms with Crippen molar-refractivity contribution in [3.63, 3.8) is 0 Å². The molecular formula is C12H16N4. The van der Waals surface area contributed by atoms with Gasteiger partial charge < -0.3 is 0 Å². The minimum atomic E-state index is 0.966. The van der Waals surface area contributed by atoms with Gasteiger partial charge in [-0.05, 0) is 12.8 Å². The quantitative estimate of drug-likeness (QED) is 0.771. The average Bonchev–Trinajstić information content (AvgIpc) is 2.41. The number of rotatable bonds is 2. The molecule has 0 fully saturated rings. The molecule has 4 heteroatoms. The van der Waals surface area contributed by atoms with E-state index in [1.54, 1.807) is 37.2 Å². The van der Waals surface area contributed by atoms with Gasteiger partial charge in [0.05, 0.1) is 11.4 Å². The number of hydrogen-bond donors (Lipinski definition) is 0. The molecule has 2 aromatic heterocycles. The molecule has 0 saturated carbocycles. The van der Waals surface area contributed by atoms with Gasteiger partial charge in [-0.25, -0.2) is 0 Å². The number of hydrogen-bond acceptors (Lipinski definition) is 4. The van der Waals surface area contributed by atoms with Gasteiger partial charge in [0.15, 0.2) is 0 Å². The first-order valence-corrected chi connectivity index (χ1v) is 5.36. The first kappa shape index (κ1) is 12.2. The van der Waals surface area contributed by atoms with E-state index in [1.807, 2.05) is 0 Å². The van der Waals surface area contributed by atoms with Crippen molar-refractivity contribution in [1.29, 1.82) is 0 Å². The fourth-order valence-corrected chi connectivity index (χ4v) is 1.03. The Morgan fingerprint density at radius 3 is 1.38 bits per heavy atom. The third kappa shape index (κ3) is 4.59. The molecule has 16 heavy (non-hydrogen) atoms. The largest absolute Gasteiger partial charge is 0.261 e. The Hall–Kier alpha value is -1.84. The highest BCUT2D eigenvalue weighted by Crippen LogP contribution is 1.88. The van der Waals surface area contributed by atoms with Crippen LogP contribution in [0.2, 0.25) is 0 Å². The lowest BCUT2D eigenvalue weighted by Crippen LogP contribution is -1.84. The van der Waals surface area contributed by atoms with Crippen LogP contribution in [0.3, 0.4) is 0 Å². The Labute approximate surface area is 95.8 Å². The van der Waals surface area contributed by atoms with Crippen LogP contribution >= 0.6 is 0 Å². The van der Waals surface area contributed by atoms with Gasteiger partial charge in [0.2, 0.25) is 0 Å². The highest BCUT2D eigenvalue weighted by Gasteiger charge is 1.83. The summed E-state index contributed by atoms with van der Waals surface area (Å²) in [6.45, 7) is 4.12. The van der Waals surface area contributed by atoms with E-state index in [4.69, 9.17) is 0 Å². The lowest BCUT2D eigenvalue weighted by Gasteiger charge is -1.88. The number of nitrogens with zero attached hydrogens (tertiary/aromatic N) is 4. The molecule has 0 unspecified atom stereocenters. The van der Waals surface area contributed by atoms with E-state index in [0.717, 1.165) is 24.2 Å². The Morgan fingerprint density at radius 2 is 1.19 bits per heavy atom. The molecule has 2 aromatic rings. The van der Waals surface area contributed by atoms with Crippen molar-refractivity contribution in [3.05, 3.63) is 48.6 Å². The lowest BCUT2D eigenvalue weighted by molar-refractivity contribution is 1.000. The second-order valence-corrected chi connectivity index (χ2v) is 3.10. The molecule has 0 radical (unpaired) electrons. The molecule has 0 spiro atoms. The lowest BCUT2D eigenvalue weighted by atomic mass is 10.4. The van der Waals surface area contributed by atoms with Crippen LogP contribution in [0.4, 0.5) is 0 Å². The third-order valence-corrected chi connectivity index (χ3v) is 1.96. The van der Waals surface area contributed by atoms with Crippen LogP contribution < -0.4 is 0 Å². The van der Waals surface area contributed by atoms with E-state index < -0.39 is 0 Å². The normalized spacial score (nSPS) is 9.12. The second-order valence-electron chi connectivity index (χ2n) is 3.10. The molecule has 4 nitrogen and oxygen atoms in total. The summed E-state index contributed by atoms with van der Waals surface area (Å²) in [6, 6.07) is 0. The molecule has 0 aromatic carbocycles. The summed E-state index contributed by atoms with van der Waals surface area (Å²) in [5.74, 6) is 0. The minimum Gasteiger partial charge on any atom is -0.261 e. The van der Waals surface area contributed by atoms with Gasteiger partial charge in [-0.15, -0.1) is 0 Å². The molecular weight excluding hydrogens is 200 g/mol. The standard InChI is InChI=1S/2C6H8N2/c2*1-2-6-5-7-3-4-8-6/h2*3-5H,2H2,1H3. The van der Waals surface area contributed by atoms with Crippen LogP contribution in [-0.2, 0) is 12.8 Å². The van der Waals surface area contributed by atoms with Gasteiger partial charge in [-0.3, -0.25) is 19.9 Å². The van der Waals surface area contributed by atoms with Crippen LogP contribution in [0.1, 0.15) is 25.2 Å². The molecule has 2 rings (SSSR count). The summed E-state index contributed by atoms with van der Waals surface area (Å²) in [7, 11) is 0. The molecule has 0 bridgehead atoms. The Bertz CT molecular complexity index is 335. The van der Waals surface area contributed by atoms with Crippen molar-refractivity contribution >= 4 is 0 Å². The summed E-state index contributed by atoms with van der Waals surface area (Å²) in [4.78, 5) is 15.9. The predicted molar refractivity (Wildman–Crippen MR) is 62.8 cm³/mol. The maximum Gasteiger partial charge on any atom is 0.0583 e. The zero-order valence-electron chi connectivity index (χ0n) is 9.67. The number of aromatic nitrogens is 4. The maximum absolute atomic E-state index is 4.03. The molecule has 0 aliphatic carbocycles. The van der Waals surface area contributed by atoms with E-state index >= 15 is 0 Å². The van der Waals surface area contributed by atoms with Crippen molar-refractivity contribution in [1.82, 2.24) is 19.9 Å². The first-order valence-electron chi connectivity index (χ1n) is 5.36. The van der Waals surface area contributed by atoms with E-state index in [-0.39, 0.29) is 0 Å². The zero-order valence-corrected chi connectivity index (χ0v) is 9.67. The molecule has 0 aliphatic heterocycles. The first-order chi connectivity index (χ1) is 7.86. The maximum atomic E-state index is 4.03. The fourth-order valence-electron chi connectivity index (χ4n) is 1.03. The summed E-state index contributed by atoms with van der Waals surface area (Å²) in [5, 5.41) is 0. The van der Waals surface area contributed by atoms with Gasteiger partial charge in [0.1, 0.15) is 0 Å². The Kier molecular flexibility index (Phi) is 5.70. The molecule has 0 amide bonds. The van der Waals surface area contributed by atoms with Crippen LogP contribution in [-0.4, -0.2) is 19.9 Å². The van der Waals surface area contributed by atoms with Crippen molar-refractivity contribution in [2.45, 2.75) is 26.7 Å². The Balaban J connectivity index is 0.000000160. The van der Waals surface area contributed by atoms with Crippen LogP contribution in [0.5, 0.6) is 0 Å². The summed E-state index contributed by atoms with van der Waals surface area (Å²) < 4.78 is 0. The molecule has 0 aliphatic rings. The minimum absolute atomic E-state index is 0.966. The van der Waals surface area contributed by atoms with E-state index in [1.165, 1.54) is 0 Å². The highest BCUT2D eigenvalue weighted by molar-refractivity contribution is 4.93. The molecule has 0 saturated heterocycles. The number of aryl methyl sites for hydroxylation is 2. The monoisotopic (exact) mass is 216 g/mol. The molecule has 0 atom stereocenters. The zero-order chi connectivity index (χ0) is 11.6. The fraction of sp³-hybridized carbons (Fsp3) is 0.333. The van der Waals surface area contributed by atoms with Gasteiger partial charge in [0.25, 0.3) is 0 Å². The topological polar surface area (TPSA) is 51.6 Å². The van der Waals surface area contributed by atoms with Crippen molar-refractivity contribution in [2.75, 3.05) is 0 Å². The van der Waals surface area contributed by atoms with E-state index in [2.05, 4.69) is 33.8 Å². The SMILES string of the molecule is CCc1cnccn1.CCc1cnccn1. The molecule has 0 N–H and O–H groups in total.